The second-order valence-corrected chi connectivity index (χ2v) is 3.21. The Morgan fingerprint density at radius 1 is 0.900 bits per heavy atom. The lowest BCUT2D eigenvalue weighted by atomic mass is 9.85. The Morgan fingerprint density at radius 3 is 1.60 bits per heavy atom. The van der Waals surface area contributed by atoms with E-state index in [1.54, 1.807) is 11.1 Å². The second-order valence-electron chi connectivity index (χ2n) is 3.21. The minimum absolute atomic E-state index is 1.30. The van der Waals surface area contributed by atoms with Gasteiger partial charge in [0.1, 0.15) is 0 Å². The van der Waals surface area contributed by atoms with Gasteiger partial charge in [0.05, 0.1) is 0 Å². The maximum Gasteiger partial charge on any atom is -0.0235 e. The zero-order chi connectivity index (χ0) is 7.14. The highest BCUT2D eigenvalue weighted by Gasteiger charge is 2.12. The normalized spacial score (nSPS) is 14.2. The molecule has 0 N–H and O–H groups in total. The first-order chi connectivity index (χ1) is 4.77. The van der Waals surface area contributed by atoms with E-state index in [-0.39, 0.29) is 0 Å². The summed E-state index contributed by atoms with van der Waals surface area (Å²) in [5.41, 5.74) is 6.03. The number of fused-ring (bicyclic) bond motifs is 1. The first kappa shape index (κ1) is 5.96. The van der Waals surface area contributed by atoms with Crippen LogP contribution in [-0.4, -0.2) is 0 Å². The van der Waals surface area contributed by atoms with Gasteiger partial charge >= 0.3 is 0 Å². The SMILES string of the molecule is Cc1cc2c(cc1C)CC2. The van der Waals surface area contributed by atoms with Gasteiger partial charge in [-0.1, -0.05) is 12.1 Å². The molecule has 0 bridgehead atoms. The molecule has 0 spiro atoms. The third-order valence-corrected chi connectivity index (χ3v) is 2.48. The molecule has 0 fully saturated rings. The lowest BCUT2D eigenvalue weighted by Crippen LogP contribution is -2.08. The van der Waals surface area contributed by atoms with Crippen LogP contribution in [0.2, 0.25) is 0 Å². The summed E-state index contributed by atoms with van der Waals surface area (Å²) in [5.74, 6) is 0. The summed E-state index contributed by atoms with van der Waals surface area (Å²) in [7, 11) is 0. The van der Waals surface area contributed by atoms with Gasteiger partial charge in [-0.2, -0.15) is 0 Å². The van der Waals surface area contributed by atoms with Crippen molar-refractivity contribution in [1.82, 2.24) is 0 Å². The van der Waals surface area contributed by atoms with Crippen LogP contribution in [-0.2, 0) is 12.8 Å². The molecule has 1 aromatic rings. The number of aryl methyl sites for hydroxylation is 4. The van der Waals surface area contributed by atoms with Crippen molar-refractivity contribution in [3.8, 4) is 0 Å². The number of benzene rings is 1. The average Bonchev–Trinajstić information content (AvgIpc) is 1.89. The van der Waals surface area contributed by atoms with Gasteiger partial charge in [-0.15, -0.1) is 0 Å². The smallest absolute Gasteiger partial charge is 0.0235 e. The highest BCUT2D eigenvalue weighted by Crippen LogP contribution is 2.25. The van der Waals surface area contributed by atoms with Crippen molar-refractivity contribution in [3.05, 3.63) is 34.4 Å². The summed E-state index contributed by atoms with van der Waals surface area (Å²) < 4.78 is 0. The van der Waals surface area contributed by atoms with Gasteiger partial charge in [0.25, 0.3) is 0 Å². The Balaban J connectivity index is 2.60. The molecule has 0 saturated heterocycles. The summed E-state index contributed by atoms with van der Waals surface area (Å²) in [6.07, 6.45) is 2.60. The van der Waals surface area contributed by atoms with E-state index >= 15 is 0 Å². The van der Waals surface area contributed by atoms with E-state index in [0.717, 1.165) is 0 Å². The summed E-state index contributed by atoms with van der Waals surface area (Å²) in [4.78, 5) is 0. The van der Waals surface area contributed by atoms with Gasteiger partial charge < -0.3 is 0 Å². The summed E-state index contributed by atoms with van der Waals surface area (Å²) in [6.45, 7) is 4.38. The van der Waals surface area contributed by atoms with Gasteiger partial charge in [-0.3, -0.25) is 0 Å². The lowest BCUT2D eigenvalue weighted by molar-refractivity contribution is 0.833. The maximum atomic E-state index is 2.33. The molecule has 0 amide bonds. The summed E-state index contributed by atoms with van der Waals surface area (Å²) in [5, 5.41) is 0. The highest BCUT2D eigenvalue weighted by atomic mass is 14.2. The zero-order valence-electron chi connectivity index (χ0n) is 6.57. The fourth-order valence-corrected chi connectivity index (χ4v) is 1.49. The first-order valence-electron chi connectivity index (χ1n) is 3.86. The Hall–Kier alpha value is -0.780. The monoisotopic (exact) mass is 132 g/mol. The number of hydrogen-bond acceptors (Lipinski definition) is 0. The molecular formula is C10H12. The van der Waals surface area contributed by atoms with Crippen molar-refractivity contribution in [2.24, 2.45) is 0 Å². The zero-order valence-corrected chi connectivity index (χ0v) is 6.57. The topological polar surface area (TPSA) is 0 Å². The van der Waals surface area contributed by atoms with Crippen molar-refractivity contribution in [3.63, 3.8) is 0 Å². The Morgan fingerprint density at radius 2 is 1.30 bits per heavy atom. The van der Waals surface area contributed by atoms with Gasteiger partial charge in [0.15, 0.2) is 0 Å². The first-order valence-corrected chi connectivity index (χ1v) is 3.86. The quantitative estimate of drug-likeness (QED) is 0.508. The van der Waals surface area contributed by atoms with Crippen LogP contribution in [0.3, 0.4) is 0 Å². The van der Waals surface area contributed by atoms with Crippen molar-refractivity contribution in [2.75, 3.05) is 0 Å². The van der Waals surface area contributed by atoms with Gasteiger partial charge in [-0.05, 0) is 48.9 Å². The van der Waals surface area contributed by atoms with E-state index in [0.29, 0.717) is 0 Å². The Bertz CT molecular complexity index is 231. The van der Waals surface area contributed by atoms with Crippen molar-refractivity contribution < 1.29 is 0 Å². The molecule has 0 aliphatic heterocycles. The van der Waals surface area contributed by atoms with Gasteiger partial charge in [0.2, 0.25) is 0 Å². The lowest BCUT2D eigenvalue weighted by Gasteiger charge is -2.20. The van der Waals surface area contributed by atoms with E-state index in [4.69, 9.17) is 0 Å². The Kier molecular flexibility index (Phi) is 1.10. The third-order valence-electron chi connectivity index (χ3n) is 2.48. The van der Waals surface area contributed by atoms with Gasteiger partial charge in [0, 0.05) is 0 Å². The van der Waals surface area contributed by atoms with Gasteiger partial charge in [-0.25, -0.2) is 0 Å². The molecule has 0 heteroatoms. The molecule has 0 radical (unpaired) electrons. The molecule has 1 aromatic carbocycles. The summed E-state index contributed by atoms with van der Waals surface area (Å²) >= 11 is 0. The number of rotatable bonds is 0. The maximum absolute atomic E-state index is 2.33. The third kappa shape index (κ3) is 0.683. The van der Waals surface area contributed by atoms with Crippen LogP contribution in [0.5, 0.6) is 0 Å². The molecule has 0 saturated carbocycles. The fourth-order valence-electron chi connectivity index (χ4n) is 1.49. The summed E-state index contributed by atoms with van der Waals surface area (Å²) in [6, 6.07) is 4.66. The molecule has 0 heterocycles. The molecule has 52 valence electrons. The van der Waals surface area contributed by atoms with Crippen LogP contribution in [0.4, 0.5) is 0 Å². The average molecular weight is 132 g/mol. The predicted molar refractivity (Wildman–Crippen MR) is 43.3 cm³/mol. The Labute approximate surface area is 61.9 Å². The van der Waals surface area contributed by atoms with E-state index in [9.17, 15) is 0 Å². The predicted octanol–water partition coefficient (Wildman–Crippen LogP) is 2.40. The molecular weight excluding hydrogens is 120 g/mol. The van der Waals surface area contributed by atoms with E-state index < -0.39 is 0 Å². The van der Waals surface area contributed by atoms with Crippen LogP contribution in [0, 0.1) is 13.8 Å². The highest BCUT2D eigenvalue weighted by molar-refractivity contribution is 5.42. The fraction of sp³-hybridized carbons (Fsp3) is 0.400. The van der Waals surface area contributed by atoms with Crippen molar-refractivity contribution >= 4 is 0 Å². The molecule has 1 aliphatic carbocycles. The van der Waals surface area contributed by atoms with Crippen LogP contribution in [0.15, 0.2) is 12.1 Å². The minimum Gasteiger partial charge on any atom is -0.0556 e. The van der Waals surface area contributed by atoms with Crippen LogP contribution in [0.25, 0.3) is 0 Å². The standard InChI is InChI=1S/C10H12/c1-7-5-9-3-4-10(9)6-8(7)2/h5-6H,3-4H2,1-2H3. The van der Waals surface area contributed by atoms with Crippen molar-refractivity contribution in [2.45, 2.75) is 26.7 Å². The van der Waals surface area contributed by atoms with Crippen LogP contribution in [0.1, 0.15) is 22.3 Å². The largest absolute Gasteiger partial charge is 0.0556 e. The van der Waals surface area contributed by atoms with Crippen molar-refractivity contribution in [1.29, 1.82) is 0 Å². The molecule has 0 unspecified atom stereocenters. The van der Waals surface area contributed by atoms with E-state index in [1.807, 2.05) is 0 Å². The molecule has 10 heavy (non-hydrogen) atoms. The molecule has 0 aromatic heterocycles. The molecule has 2 rings (SSSR count). The molecule has 0 atom stereocenters. The molecule has 1 aliphatic rings. The van der Waals surface area contributed by atoms with Crippen LogP contribution >= 0.6 is 0 Å². The van der Waals surface area contributed by atoms with E-state index in [1.165, 1.54) is 24.0 Å². The second kappa shape index (κ2) is 1.85. The molecule has 0 nitrogen and oxygen atoms in total. The number of hydrogen-bond donors (Lipinski definition) is 0. The minimum atomic E-state index is 1.30. The van der Waals surface area contributed by atoms with E-state index in [2.05, 4.69) is 26.0 Å². The van der Waals surface area contributed by atoms with Crippen LogP contribution < -0.4 is 0 Å².